The Morgan fingerprint density at radius 1 is 1.35 bits per heavy atom. The van der Waals surface area contributed by atoms with E-state index in [1.54, 1.807) is 7.11 Å². The molecule has 2 aliphatic heterocycles. The zero-order chi connectivity index (χ0) is 16.0. The number of piperidine rings is 1. The number of ether oxygens (including phenoxy) is 1. The van der Waals surface area contributed by atoms with E-state index in [0.29, 0.717) is 16.7 Å². The summed E-state index contributed by atoms with van der Waals surface area (Å²) in [5.41, 5.74) is 1.52. The van der Waals surface area contributed by atoms with Gasteiger partial charge in [-0.05, 0) is 19.1 Å². The van der Waals surface area contributed by atoms with Gasteiger partial charge in [0.15, 0.2) is 10.8 Å². The third kappa shape index (κ3) is 2.52. The van der Waals surface area contributed by atoms with Crippen molar-refractivity contribution in [3.8, 4) is 5.88 Å². The van der Waals surface area contributed by atoms with Crippen molar-refractivity contribution in [1.82, 2.24) is 15.3 Å². The van der Waals surface area contributed by atoms with E-state index >= 15 is 0 Å². The van der Waals surface area contributed by atoms with Crippen molar-refractivity contribution in [2.24, 2.45) is 4.99 Å². The summed E-state index contributed by atoms with van der Waals surface area (Å²) < 4.78 is 5.39. The molecule has 0 radical (unpaired) electrons. The molecule has 2 fully saturated rings. The molecule has 6 nitrogen and oxygen atoms in total. The van der Waals surface area contributed by atoms with Crippen LogP contribution in [0.4, 0.5) is 5.69 Å². The molecule has 1 aliphatic carbocycles. The Morgan fingerprint density at radius 2 is 2.13 bits per heavy atom. The molecule has 0 aromatic carbocycles. The quantitative estimate of drug-likeness (QED) is 0.502. The highest BCUT2D eigenvalue weighted by molar-refractivity contribution is 8.01. The van der Waals surface area contributed by atoms with Gasteiger partial charge in [-0.1, -0.05) is 36.4 Å². The molecular weight excluding hydrogens is 332 g/mol. The van der Waals surface area contributed by atoms with E-state index in [9.17, 15) is 4.79 Å². The maximum absolute atomic E-state index is 12.6. The van der Waals surface area contributed by atoms with Crippen LogP contribution >= 0.6 is 23.5 Å². The highest BCUT2D eigenvalue weighted by Crippen LogP contribution is 2.46. The molecule has 1 unspecified atom stereocenters. The first-order valence-corrected chi connectivity index (χ1v) is 9.81. The fourth-order valence-electron chi connectivity index (χ4n) is 3.60. The molecule has 1 N–H and O–H groups in total. The highest BCUT2D eigenvalue weighted by Gasteiger charge is 2.47. The number of methoxy groups -OCH3 is 1. The molecule has 1 aromatic heterocycles. The van der Waals surface area contributed by atoms with E-state index in [-0.39, 0.29) is 16.7 Å². The van der Waals surface area contributed by atoms with Crippen molar-refractivity contribution >= 4 is 40.8 Å². The second-order valence-corrected chi connectivity index (χ2v) is 8.00. The summed E-state index contributed by atoms with van der Waals surface area (Å²) in [5, 5.41) is 4.35. The van der Waals surface area contributed by atoms with Gasteiger partial charge in [-0.25, -0.2) is 9.98 Å². The van der Waals surface area contributed by atoms with E-state index in [1.807, 2.05) is 6.26 Å². The van der Waals surface area contributed by atoms with Crippen molar-refractivity contribution in [1.29, 1.82) is 0 Å². The number of amides is 1. The zero-order valence-electron chi connectivity index (χ0n) is 13.1. The van der Waals surface area contributed by atoms with Crippen LogP contribution < -0.4 is 10.1 Å². The van der Waals surface area contributed by atoms with Crippen LogP contribution in [-0.2, 0) is 4.79 Å². The van der Waals surface area contributed by atoms with E-state index in [2.05, 4.69) is 15.3 Å². The molecule has 1 saturated heterocycles. The summed E-state index contributed by atoms with van der Waals surface area (Å²) in [6, 6.07) is 0. The largest absolute Gasteiger partial charge is 0.479 e. The summed E-state index contributed by atoms with van der Waals surface area (Å²) in [6.07, 6.45) is 7.17. The molecule has 1 spiro atoms. The average Bonchev–Trinajstić information content (AvgIpc) is 3.00. The molecule has 3 heterocycles. The minimum absolute atomic E-state index is 0.0656. The maximum atomic E-state index is 12.6. The standard InChI is InChI=1S/C15H18N4O2S2/c1-21-12-9-13(18-14(17-12)22-2)23-10-8(16-9)7-15(19-11(10)20)5-3-4-6-15/h10H,3-7H2,1-2H3,(H,19,20). The lowest BCUT2D eigenvalue weighted by Gasteiger charge is -2.39. The first-order chi connectivity index (χ1) is 11.1. The van der Waals surface area contributed by atoms with Gasteiger partial charge in [-0.3, -0.25) is 4.79 Å². The van der Waals surface area contributed by atoms with E-state index in [4.69, 9.17) is 9.73 Å². The lowest BCUT2D eigenvalue weighted by molar-refractivity contribution is -0.122. The normalized spacial score (nSPS) is 24.7. The van der Waals surface area contributed by atoms with Gasteiger partial charge in [0, 0.05) is 17.7 Å². The van der Waals surface area contributed by atoms with E-state index in [1.165, 1.54) is 36.4 Å². The number of carbonyl (C=O) groups excluding carboxylic acids is 1. The van der Waals surface area contributed by atoms with Gasteiger partial charge in [0.25, 0.3) is 0 Å². The van der Waals surface area contributed by atoms with Crippen LogP contribution in [0, 0.1) is 0 Å². The predicted molar refractivity (Wildman–Crippen MR) is 91.1 cm³/mol. The van der Waals surface area contributed by atoms with Gasteiger partial charge in [0.05, 0.1) is 7.11 Å². The fraction of sp³-hybridized carbons (Fsp3) is 0.600. The molecule has 0 bridgehead atoms. The third-order valence-corrected chi connectivity index (χ3v) is 6.45. The molecule has 8 heteroatoms. The monoisotopic (exact) mass is 350 g/mol. The van der Waals surface area contributed by atoms with Crippen LogP contribution in [0.1, 0.15) is 32.1 Å². The van der Waals surface area contributed by atoms with Crippen molar-refractivity contribution in [3.63, 3.8) is 0 Å². The molecule has 1 saturated carbocycles. The number of rotatable bonds is 2. The summed E-state index contributed by atoms with van der Waals surface area (Å²) in [6.45, 7) is 0. The van der Waals surface area contributed by atoms with Gasteiger partial charge in [0.2, 0.25) is 11.8 Å². The maximum Gasteiger partial charge on any atom is 0.245 e. The van der Waals surface area contributed by atoms with Crippen LogP contribution in [0.25, 0.3) is 0 Å². The number of hydrogen-bond acceptors (Lipinski definition) is 7. The number of aliphatic imine (C=N–C) groups is 1. The SMILES string of the molecule is COc1nc(SC)nc2c1N=C1CC3(CCCC3)NC(=O)C1S2. The fourth-order valence-corrected chi connectivity index (χ4v) is 5.06. The second kappa shape index (κ2) is 5.66. The Bertz CT molecular complexity index is 701. The predicted octanol–water partition coefficient (Wildman–Crippen LogP) is 2.59. The van der Waals surface area contributed by atoms with Gasteiger partial charge < -0.3 is 10.1 Å². The summed E-state index contributed by atoms with van der Waals surface area (Å²) in [5.74, 6) is 0.556. The van der Waals surface area contributed by atoms with Crippen LogP contribution in [0.2, 0.25) is 0 Å². The smallest absolute Gasteiger partial charge is 0.245 e. The molecule has 1 aromatic rings. The van der Waals surface area contributed by atoms with Crippen molar-refractivity contribution < 1.29 is 9.53 Å². The number of thioether (sulfide) groups is 2. The Kier molecular flexibility index (Phi) is 3.76. The molecule has 4 rings (SSSR count). The summed E-state index contributed by atoms with van der Waals surface area (Å²) >= 11 is 2.91. The summed E-state index contributed by atoms with van der Waals surface area (Å²) in [4.78, 5) is 26.3. The molecule has 1 amide bonds. The van der Waals surface area contributed by atoms with Gasteiger partial charge in [0.1, 0.15) is 10.3 Å². The van der Waals surface area contributed by atoms with Crippen LogP contribution in [0.15, 0.2) is 15.2 Å². The Balaban J connectivity index is 1.77. The molecule has 122 valence electrons. The van der Waals surface area contributed by atoms with Crippen molar-refractivity contribution in [3.05, 3.63) is 0 Å². The van der Waals surface area contributed by atoms with Gasteiger partial charge >= 0.3 is 0 Å². The number of fused-ring (bicyclic) bond motifs is 2. The van der Waals surface area contributed by atoms with Gasteiger partial charge in [-0.2, -0.15) is 4.98 Å². The van der Waals surface area contributed by atoms with E-state index in [0.717, 1.165) is 30.0 Å². The number of carbonyl (C=O) groups is 1. The molecule has 23 heavy (non-hydrogen) atoms. The Labute approximate surface area is 143 Å². The molecular formula is C15H18N4O2S2. The lowest BCUT2D eigenvalue weighted by Crippen LogP contribution is -2.58. The molecule has 1 atom stereocenters. The number of hydrogen-bond donors (Lipinski definition) is 1. The summed E-state index contributed by atoms with van der Waals surface area (Å²) in [7, 11) is 1.59. The number of aromatic nitrogens is 2. The minimum Gasteiger partial charge on any atom is -0.479 e. The van der Waals surface area contributed by atoms with E-state index < -0.39 is 0 Å². The second-order valence-electron chi connectivity index (χ2n) is 6.13. The molecule has 3 aliphatic rings. The van der Waals surface area contributed by atoms with Crippen molar-refractivity contribution in [2.75, 3.05) is 13.4 Å². The third-order valence-electron chi connectivity index (χ3n) is 4.67. The van der Waals surface area contributed by atoms with Crippen LogP contribution in [0.3, 0.4) is 0 Å². The number of nitrogens with zero attached hydrogens (tertiary/aromatic N) is 3. The number of nitrogens with one attached hydrogen (secondary N) is 1. The lowest BCUT2D eigenvalue weighted by atomic mass is 9.85. The Morgan fingerprint density at radius 3 is 2.83 bits per heavy atom. The van der Waals surface area contributed by atoms with Crippen molar-refractivity contribution in [2.45, 2.75) is 53.1 Å². The zero-order valence-corrected chi connectivity index (χ0v) is 14.7. The van der Waals surface area contributed by atoms with Gasteiger partial charge in [-0.15, -0.1) is 0 Å². The highest BCUT2D eigenvalue weighted by atomic mass is 32.2. The first kappa shape index (κ1) is 15.3. The Hall–Kier alpha value is -1.28. The van der Waals surface area contributed by atoms with Crippen LogP contribution in [0.5, 0.6) is 5.88 Å². The topological polar surface area (TPSA) is 76.5 Å². The average molecular weight is 350 g/mol. The minimum atomic E-state index is -0.275. The van der Waals surface area contributed by atoms with Crippen LogP contribution in [-0.4, -0.2) is 45.7 Å². The first-order valence-electron chi connectivity index (χ1n) is 7.70.